The van der Waals surface area contributed by atoms with Crippen LogP contribution in [0.5, 0.6) is 0 Å². The Balaban J connectivity index is 1.85. The third kappa shape index (κ3) is 4.01. The highest BCUT2D eigenvalue weighted by molar-refractivity contribution is 7.09. The number of nitrogens with one attached hydrogen (secondary N) is 1. The summed E-state index contributed by atoms with van der Waals surface area (Å²) in [4.78, 5) is 18.9. The van der Waals surface area contributed by atoms with Crippen molar-refractivity contribution in [2.45, 2.75) is 51.6 Å². The molecule has 1 saturated heterocycles. The number of likely N-dealkylation sites (N-methyl/N-ethyl adjacent to an activating group) is 1. The van der Waals surface area contributed by atoms with Gasteiger partial charge in [0.25, 0.3) is 0 Å². The van der Waals surface area contributed by atoms with Gasteiger partial charge in [-0.05, 0) is 32.9 Å². The van der Waals surface area contributed by atoms with E-state index in [1.54, 1.807) is 11.3 Å². The van der Waals surface area contributed by atoms with Crippen LogP contribution in [0, 0.1) is 0 Å². The van der Waals surface area contributed by atoms with E-state index in [0.29, 0.717) is 6.54 Å². The zero-order valence-corrected chi connectivity index (χ0v) is 12.6. The minimum absolute atomic E-state index is 0.0353. The lowest BCUT2D eigenvalue weighted by Crippen LogP contribution is -2.44. The minimum Gasteiger partial charge on any atom is -0.348 e. The maximum atomic E-state index is 12.2. The molecule has 1 aromatic heterocycles. The van der Waals surface area contributed by atoms with E-state index in [4.69, 9.17) is 0 Å². The molecule has 0 spiro atoms. The Hall–Kier alpha value is -0.940. The summed E-state index contributed by atoms with van der Waals surface area (Å²) >= 11 is 1.63. The Bertz CT molecular complexity index is 419. The summed E-state index contributed by atoms with van der Waals surface area (Å²) in [5.41, 5.74) is 1.11. The molecule has 106 valence electrons. The Morgan fingerprint density at radius 2 is 2.37 bits per heavy atom. The van der Waals surface area contributed by atoms with Crippen LogP contribution < -0.4 is 5.32 Å². The highest BCUT2D eigenvalue weighted by atomic mass is 32.1. The van der Waals surface area contributed by atoms with E-state index in [9.17, 15) is 4.79 Å². The SMILES string of the molecule is CCc1csc(CNC(=O)[C@@H]2CCCCCN2C)n1. The van der Waals surface area contributed by atoms with Crippen molar-refractivity contribution in [1.29, 1.82) is 0 Å². The number of amides is 1. The first-order valence-electron chi connectivity index (χ1n) is 7.12. The summed E-state index contributed by atoms with van der Waals surface area (Å²) in [5, 5.41) is 6.10. The molecule has 0 aliphatic carbocycles. The number of hydrogen-bond donors (Lipinski definition) is 1. The normalized spacial score (nSPS) is 21.1. The molecule has 0 aromatic carbocycles. The maximum absolute atomic E-state index is 12.2. The Morgan fingerprint density at radius 3 is 3.11 bits per heavy atom. The number of aryl methyl sites for hydroxylation is 1. The summed E-state index contributed by atoms with van der Waals surface area (Å²) < 4.78 is 0. The van der Waals surface area contributed by atoms with E-state index in [0.717, 1.165) is 36.5 Å². The van der Waals surface area contributed by atoms with E-state index in [-0.39, 0.29) is 11.9 Å². The molecule has 2 rings (SSSR count). The first-order valence-corrected chi connectivity index (χ1v) is 8.00. The number of hydrogen-bond acceptors (Lipinski definition) is 4. The summed E-state index contributed by atoms with van der Waals surface area (Å²) in [6.45, 7) is 3.68. The molecular formula is C14H23N3OS. The summed E-state index contributed by atoms with van der Waals surface area (Å²) in [6, 6.07) is 0.0353. The topological polar surface area (TPSA) is 45.2 Å². The Kier molecular flexibility index (Phi) is 5.34. The number of aromatic nitrogens is 1. The fourth-order valence-corrected chi connectivity index (χ4v) is 3.27. The fourth-order valence-electron chi connectivity index (χ4n) is 2.46. The van der Waals surface area contributed by atoms with E-state index >= 15 is 0 Å². The third-order valence-electron chi connectivity index (χ3n) is 3.70. The van der Waals surface area contributed by atoms with Gasteiger partial charge in [-0.25, -0.2) is 4.98 Å². The van der Waals surface area contributed by atoms with Crippen LogP contribution >= 0.6 is 11.3 Å². The summed E-state index contributed by atoms with van der Waals surface area (Å²) in [7, 11) is 2.05. The smallest absolute Gasteiger partial charge is 0.237 e. The maximum Gasteiger partial charge on any atom is 0.237 e. The van der Waals surface area contributed by atoms with Crippen molar-refractivity contribution in [2.75, 3.05) is 13.6 Å². The van der Waals surface area contributed by atoms with Gasteiger partial charge in [-0.2, -0.15) is 0 Å². The Labute approximate surface area is 119 Å². The second kappa shape index (κ2) is 7.01. The van der Waals surface area contributed by atoms with Crippen LogP contribution in [0.1, 0.15) is 43.3 Å². The second-order valence-corrected chi connectivity index (χ2v) is 6.09. The molecule has 0 bridgehead atoms. The molecule has 1 aliphatic heterocycles. The van der Waals surface area contributed by atoms with Crippen molar-refractivity contribution < 1.29 is 4.79 Å². The van der Waals surface area contributed by atoms with Crippen molar-refractivity contribution in [3.63, 3.8) is 0 Å². The van der Waals surface area contributed by atoms with Crippen LogP contribution in [0.15, 0.2) is 5.38 Å². The van der Waals surface area contributed by atoms with E-state index in [1.165, 1.54) is 12.8 Å². The van der Waals surface area contributed by atoms with Crippen LogP contribution in [0.25, 0.3) is 0 Å². The van der Waals surface area contributed by atoms with Gasteiger partial charge in [0, 0.05) is 5.38 Å². The molecule has 5 heteroatoms. The predicted molar refractivity (Wildman–Crippen MR) is 78.2 cm³/mol. The summed E-state index contributed by atoms with van der Waals surface area (Å²) in [6.07, 6.45) is 5.52. The van der Waals surface area contributed by atoms with Gasteiger partial charge in [-0.15, -0.1) is 11.3 Å². The van der Waals surface area contributed by atoms with Gasteiger partial charge in [0.1, 0.15) is 5.01 Å². The highest BCUT2D eigenvalue weighted by Crippen LogP contribution is 2.16. The third-order valence-corrected chi connectivity index (χ3v) is 4.60. The largest absolute Gasteiger partial charge is 0.348 e. The molecule has 1 amide bonds. The predicted octanol–water partition coefficient (Wildman–Crippen LogP) is 2.20. The Morgan fingerprint density at radius 1 is 1.53 bits per heavy atom. The highest BCUT2D eigenvalue weighted by Gasteiger charge is 2.24. The van der Waals surface area contributed by atoms with E-state index in [2.05, 4.69) is 27.5 Å². The minimum atomic E-state index is 0.0353. The fraction of sp³-hybridized carbons (Fsp3) is 0.714. The number of carbonyl (C=O) groups is 1. The molecule has 0 unspecified atom stereocenters. The quantitative estimate of drug-likeness (QED) is 0.920. The van der Waals surface area contributed by atoms with Gasteiger partial charge in [0.15, 0.2) is 0 Å². The molecule has 1 N–H and O–H groups in total. The monoisotopic (exact) mass is 281 g/mol. The lowest BCUT2D eigenvalue weighted by Gasteiger charge is -2.24. The number of likely N-dealkylation sites (tertiary alicyclic amines) is 1. The number of thiazole rings is 1. The summed E-state index contributed by atoms with van der Waals surface area (Å²) in [5.74, 6) is 0.151. The van der Waals surface area contributed by atoms with Crippen LogP contribution in [0.3, 0.4) is 0 Å². The van der Waals surface area contributed by atoms with Crippen LogP contribution in [0.2, 0.25) is 0 Å². The molecule has 1 aromatic rings. The molecule has 0 radical (unpaired) electrons. The van der Waals surface area contributed by atoms with Crippen molar-refractivity contribution in [1.82, 2.24) is 15.2 Å². The zero-order valence-electron chi connectivity index (χ0n) is 11.8. The van der Waals surface area contributed by atoms with Gasteiger partial charge in [-0.3, -0.25) is 9.69 Å². The zero-order chi connectivity index (χ0) is 13.7. The first kappa shape index (κ1) is 14.5. The average Bonchev–Trinajstić information content (AvgIpc) is 2.77. The first-order chi connectivity index (χ1) is 9.20. The average molecular weight is 281 g/mol. The van der Waals surface area contributed by atoms with Gasteiger partial charge >= 0.3 is 0 Å². The van der Waals surface area contributed by atoms with Crippen molar-refractivity contribution in [3.8, 4) is 0 Å². The molecular weight excluding hydrogens is 258 g/mol. The number of rotatable bonds is 4. The van der Waals surface area contributed by atoms with Crippen LogP contribution in [-0.2, 0) is 17.8 Å². The van der Waals surface area contributed by atoms with Gasteiger partial charge < -0.3 is 5.32 Å². The molecule has 4 nitrogen and oxygen atoms in total. The number of nitrogens with zero attached hydrogens (tertiary/aromatic N) is 2. The lowest BCUT2D eigenvalue weighted by molar-refractivity contribution is -0.126. The van der Waals surface area contributed by atoms with Gasteiger partial charge in [0.2, 0.25) is 5.91 Å². The molecule has 19 heavy (non-hydrogen) atoms. The van der Waals surface area contributed by atoms with Gasteiger partial charge in [0.05, 0.1) is 18.3 Å². The molecule has 1 aliphatic rings. The van der Waals surface area contributed by atoms with E-state index in [1.807, 2.05) is 7.05 Å². The van der Waals surface area contributed by atoms with Crippen LogP contribution in [-0.4, -0.2) is 35.4 Å². The van der Waals surface area contributed by atoms with Crippen molar-refractivity contribution in [3.05, 3.63) is 16.1 Å². The lowest BCUT2D eigenvalue weighted by atomic mass is 10.1. The van der Waals surface area contributed by atoms with E-state index < -0.39 is 0 Å². The molecule has 0 saturated carbocycles. The number of carbonyl (C=O) groups excluding carboxylic acids is 1. The van der Waals surface area contributed by atoms with Gasteiger partial charge in [-0.1, -0.05) is 19.8 Å². The standard InChI is InChI=1S/C14H23N3OS/c1-3-11-10-19-13(16-11)9-15-14(18)12-7-5-4-6-8-17(12)2/h10,12H,3-9H2,1-2H3,(H,15,18)/t12-/m0/s1. The second-order valence-electron chi connectivity index (χ2n) is 5.15. The molecule has 1 fully saturated rings. The molecule has 1 atom stereocenters. The van der Waals surface area contributed by atoms with Crippen molar-refractivity contribution in [2.24, 2.45) is 0 Å². The molecule has 2 heterocycles. The van der Waals surface area contributed by atoms with Crippen molar-refractivity contribution >= 4 is 17.2 Å². The van der Waals surface area contributed by atoms with Crippen LogP contribution in [0.4, 0.5) is 0 Å².